The molecule has 1 saturated heterocycles. The van der Waals surface area contributed by atoms with Crippen LogP contribution in [0.4, 0.5) is 0 Å². The second kappa shape index (κ2) is 3.91. The topological polar surface area (TPSA) is 41.5 Å². The monoisotopic (exact) mass is 145 g/mol. The van der Waals surface area contributed by atoms with Gasteiger partial charge in [-0.25, -0.2) is 0 Å². The summed E-state index contributed by atoms with van der Waals surface area (Å²) >= 11 is 0. The average molecular weight is 145 g/mol. The average Bonchev–Trinajstić information content (AvgIpc) is 2.13. The van der Waals surface area contributed by atoms with Gasteiger partial charge in [-0.15, -0.1) is 0 Å². The van der Waals surface area contributed by atoms with Crippen LogP contribution >= 0.6 is 0 Å². The summed E-state index contributed by atoms with van der Waals surface area (Å²) in [5.74, 6) is 0. The Balaban J connectivity index is 2.35. The second-order valence-corrected chi connectivity index (χ2v) is 2.67. The summed E-state index contributed by atoms with van der Waals surface area (Å²) in [6.45, 7) is 1.86. The van der Waals surface area contributed by atoms with Gasteiger partial charge in [-0.05, 0) is 25.9 Å². The van der Waals surface area contributed by atoms with E-state index >= 15 is 0 Å². The van der Waals surface area contributed by atoms with Crippen molar-refractivity contribution in [1.82, 2.24) is 5.32 Å². The van der Waals surface area contributed by atoms with Crippen LogP contribution in [-0.2, 0) is 4.74 Å². The van der Waals surface area contributed by atoms with Crippen molar-refractivity contribution in [3.05, 3.63) is 0 Å². The van der Waals surface area contributed by atoms with Crippen molar-refractivity contribution >= 4 is 0 Å². The number of rotatable bonds is 1. The maximum atomic E-state index is 9.38. The van der Waals surface area contributed by atoms with Crippen molar-refractivity contribution in [2.75, 3.05) is 20.2 Å². The first-order chi connectivity index (χ1) is 4.84. The number of hydrogen-bond donors (Lipinski definition) is 2. The number of aliphatic hydroxyl groups is 1. The van der Waals surface area contributed by atoms with Gasteiger partial charge in [0, 0.05) is 7.11 Å². The van der Waals surface area contributed by atoms with Crippen LogP contribution in [0.3, 0.4) is 0 Å². The molecule has 2 atom stereocenters. The van der Waals surface area contributed by atoms with Gasteiger partial charge in [0.1, 0.15) is 0 Å². The van der Waals surface area contributed by atoms with E-state index in [1.165, 1.54) is 0 Å². The van der Waals surface area contributed by atoms with Crippen molar-refractivity contribution in [2.45, 2.75) is 25.0 Å². The van der Waals surface area contributed by atoms with Gasteiger partial charge in [-0.3, -0.25) is 0 Å². The second-order valence-electron chi connectivity index (χ2n) is 2.67. The predicted octanol–water partition coefficient (Wildman–Crippen LogP) is -0.254. The van der Waals surface area contributed by atoms with Gasteiger partial charge in [0.15, 0.2) is 0 Å². The molecular formula is C7H15NO2. The molecule has 1 heterocycles. The van der Waals surface area contributed by atoms with Crippen molar-refractivity contribution < 1.29 is 9.84 Å². The number of nitrogens with one attached hydrogen (secondary N) is 1. The van der Waals surface area contributed by atoms with Crippen LogP contribution < -0.4 is 5.32 Å². The third-order valence-electron chi connectivity index (χ3n) is 1.95. The van der Waals surface area contributed by atoms with E-state index in [1.54, 1.807) is 7.11 Å². The number of hydrogen-bond acceptors (Lipinski definition) is 3. The summed E-state index contributed by atoms with van der Waals surface area (Å²) in [6.07, 6.45) is 1.48. The van der Waals surface area contributed by atoms with Crippen LogP contribution in [0, 0.1) is 0 Å². The number of methoxy groups -OCH3 is 1. The van der Waals surface area contributed by atoms with Crippen LogP contribution in [0.2, 0.25) is 0 Å². The molecule has 2 N–H and O–H groups in total. The molecule has 60 valence electrons. The normalized spacial score (nSPS) is 35.4. The fourth-order valence-corrected chi connectivity index (χ4v) is 1.27. The maximum absolute atomic E-state index is 9.38. The Morgan fingerprint density at radius 2 is 2.10 bits per heavy atom. The zero-order chi connectivity index (χ0) is 7.40. The summed E-state index contributed by atoms with van der Waals surface area (Å²) in [5, 5.41) is 12.6. The first-order valence-corrected chi connectivity index (χ1v) is 3.76. The molecule has 3 nitrogen and oxygen atoms in total. The quantitative estimate of drug-likeness (QED) is 0.534. The highest BCUT2D eigenvalue weighted by atomic mass is 16.5. The van der Waals surface area contributed by atoms with Crippen LogP contribution in [0.5, 0.6) is 0 Å². The van der Waals surface area contributed by atoms with E-state index in [0.717, 1.165) is 25.9 Å². The molecule has 1 aliphatic heterocycles. The number of aliphatic hydroxyl groups excluding tert-OH is 1. The van der Waals surface area contributed by atoms with Gasteiger partial charge >= 0.3 is 0 Å². The van der Waals surface area contributed by atoms with E-state index in [0.29, 0.717) is 0 Å². The first-order valence-electron chi connectivity index (χ1n) is 3.76. The van der Waals surface area contributed by atoms with Crippen LogP contribution in [0.1, 0.15) is 12.8 Å². The molecule has 1 fully saturated rings. The van der Waals surface area contributed by atoms with Crippen molar-refractivity contribution in [3.8, 4) is 0 Å². The molecule has 0 aromatic carbocycles. The molecule has 1 rings (SSSR count). The van der Waals surface area contributed by atoms with E-state index in [2.05, 4.69) is 5.32 Å². The minimum atomic E-state index is -0.278. The van der Waals surface area contributed by atoms with Crippen LogP contribution in [0.15, 0.2) is 0 Å². The zero-order valence-electron chi connectivity index (χ0n) is 6.34. The molecule has 10 heavy (non-hydrogen) atoms. The fourth-order valence-electron chi connectivity index (χ4n) is 1.27. The van der Waals surface area contributed by atoms with Gasteiger partial charge in [0.25, 0.3) is 0 Å². The van der Waals surface area contributed by atoms with E-state index < -0.39 is 0 Å². The lowest BCUT2D eigenvalue weighted by molar-refractivity contribution is -0.0122. The highest BCUT2D eigenvalue weighted by Gasteiger charge is 2.19. The molecule has 0 amide bonds. The molecule has 3 heteroatoms. The molecule has 0 aliphatic carbocycles. The highest BCUT2D eigenvalue weighted by Crippen LogP contribution is 2.08. The van der Waals surface area contributed by atoms with E-state index in [9.17, 15) is 5.11 Å². The van der Waals surface area contributed by atoms with Crippen LogP contribution in [0.25, 0.3) is 0 Å². The summed E-state index contributed by atoms with van der Waals surface area (Å²) in [7, 11) is 1.65. The van der Waals surface area contributed by atoms with E-state index in [1.807, 2.05) is 0 Å². The van der Waals surface area contributed by atoms with Crippen molar-refractivity contribution in [3.63, 3.8) is 0 Å². The molecule has 0 aromatic rings. The minimum Gasteiger partial charge on any atom is -0.390 e. The van der Waals surface area contributed by atoms with Gasteiger partial charge in [0.2, 0.25) is 0 Å². The van der Waals surface area contributed by atoms with E-state index in [-0.39, 0.29) is 12.2 Å². The Bertz CT molecular complexity index is 97.6. The summed E-state index contributed by atoms with van der Waals surface area (Å²) in [5.41, 5.74) is 0. The van der Waals surface area contributed by atoms with Crippen LogP contribution in [-0.4, -0.2) is 37.5 Å². The zero-order valence-corrected chi connectivity index (χ0v) is 6.34. The Morgan fingerprint density at radius 3 is 2.80 bits per heavy atom. The van der Waals surface area contributed by atoms with Gasteiger partial charge < -0.3 is 15.2 Å². The summed E-state index contributed by atoms with van der Waals surface area (Å²) in [6, 6.07) is 0. The first kappa shape index (κ1) is 7.98. The lowest BCUT2D eigenvalue weighted by Crippen LogP contribution is -2.27. The Labute approximate surface area is 61.4 Å². The van der Waals surface area contributed by atoms with Crippen molar-refractivity contribution in [1.29, 1.82) is 0 Å². The van der Waals surface area contributed by atoms with Gasteiger partial charge in [0.05, 0.1) is 12.2 Å². The molecule has 0 aromatic heterocycles. The Morgan fingerprint density at radius 1 is 1.40 bits per heavy atom. The SMILES string of the molecule is CO[C@H]1CCNCC[C@@H]1O. The molecule has 0 radical (unpaired) electrons. The van der Waals surface area contributed by atoms with Gasteiger partial charge in [-0.1, -0.05) is 0 Å². The van der Waals surface area contributed by atoms with Gasteiger partial charge in [-0.2, -0.15) is 0 Å². The van der Waals surface area contributed by atoms with E-state index in [4.69, 9.17) is 4.74 Å². The number of ether oxygens (including phenoxy) is 1. The molecule has 0 bridgehead atoms. The molecular weight excluding hydrogens is 130 g/mol. The minimum absolute atomic E-state index is 0.0370. The van der Waals surface area contributed by atoms with Crippen molar-refractivity contribution in [2.24, 2.45) is 0 Å². The fraction of sp³-hybridized carbons (Fsp3) is 1.00. The summed E-state index contributed by atoms with van der Waals surface area (Å²) < 4.78 is 5.09. The Kier molecular flexibility index (Phi) is 3.12. The maximum Gasteiger partial charge on any atom is 0.0842 e. The molecule has 1 aliphatic rings. The third-order valence-corrected chi connectivity index (χ3v) is 1.95. The highest BCUT2D eigenvalue weighted by molar-refractivity contribution is 4.74. The largest absolute Gasteiger partial charge is 0.390 e. The third kappa shape index (κ3) is 1.94. The molecule has 0 unspecified atom stereocenters. The molecule has 0 spiro atoms. The standard InChI is InChI=1S/C7H15NO2/c1-10-7-3-5-8-4-2-6(7)9/h6-9H,2-5H2,1H3/t6-,7-/m0/s1. The molecule has 0 saturated carbocycles. The predicted molar refractivity (Wildman–Crippen MR) is 38.9 cm³/mol. The smallest absolute Gasteiger partial charge is 0.0842 e. The lowest BCUT2D eigenvalue weighted by Gasteiger charge is -2.17. The lowest BCUT2D eigenvalue weighted by atomic mass is 10.1. The Hall–Kier alpha value is -0.120. The summed E-state index contributed by atoms with van der Waals surface area (Å²) in [4.78, 5) is 0.